The maximum absolute atomic E-state index is 13.4. The van der Waals surface area contributed by atoms with Crippen LogP contribution >= 0.6 is 0 Å². The number of methoxy groups -OCH3 is 1. The second-order valence-electron chi connectivity index (χ2n) is 8.36. The van der Waals surface area contributed by atoms with Crippen molar-refractivity contribution in [2.45, 2.75) is 6.54 Å². The van der Waals surface area contributed by atoms with Gasteiger partial charge in [-0.25, -0.2) is 23.4 Å². The quantitative estimate of drug-likeness (QED) is 0.424. The fourth-order valence-corrected chi connectivity index (χ4v) is 4.28. The van der Waals surface area contributed by atoms with Gasteiger partial charge in [-0.15, -0.1) is 0 Å². The number of aromatic nitrogens is 4. The molecule has 1 aliphatic heterocycles. The van der Waals surface area contributed by atoms with E-state index in [1.54, 1.807) is 18.0 Å². The molecule has 1 fully saturated rings. The Balaban J connectivity index is 1.21. The Labute approximate surface area is 206 Å². The van der Waals surface area contributed by atoms with Crippen molar-refractivity contribution in [2.24, 2.45) is 0 Å². The van der Waals surface area contributed by atoms with E-state index < -0.39 is 17.5 Å². The molecular weight excluding hydrogens is 468 g/mol. The summed E-state index contributed by atoms with van der Waals surface area (Å²) >= 11 is 0. The number of nitrogens with one attached hydrogen (secondary N) is 1. The van der Waals surface area contributed by atoms with Crippen molar-refractivity contribution in [3.63, 3.8) is 0 Å². The summed E-state index contributed by atoms with van der Waals surface area (Å²) in [4.78, 5) is 25.7. The van der Waals surface area contributed by atoms with Crippen LogP contribution in [0, 0.1) is 11.6 Å². The molecule has 0 unspecified atom stereocenters. The number of anilines is 2. The maximum atomic E-state index is 13.4. The highest BCUT2D eigenvalue weighted by Gasteiger charge is 2.21. The number of piperazine rings is 1. The van der Waals surface area contributed by atoms with Gasteiger partial charge < -0.3 is 19.9 Å². The normalized spacial score (nSPS) is 13.8. The van der Waals surface area contributed by atoms with Crippen LogP contribution in [0.3, 0.4) is 0 Å². The second-order valence-corrected chi connectivity index (χ2v) is 8.36. The van der Waals surface area contributed by atoms with E-state index in [9.17, 15) is 13.6 Å². The van der Waals surface area contributed by atoms with Gasteiger partial charge in [-0.3, -0.25) is 4.79 Å². The molecule has 0 saturated carbocycles. The van der Waals surface area contributed by atoms with Crippen LogP contribution in [0.1, 0.15) is 10.4 Å². The third kappa shape index (κ3) is 4.77. The van der Waals surface area contributed by atoms with E-state index in [1.165, 1.54) is 12.4 Å². The number of fused-ring (bicyclic) bond motifs is 1. The predicted octanol–water partition coefficient (Wildman–Crippen LogP) is 2.87. The number of carbonyl (C=O) groups excluding carboxylic acids is 1. The van der Waals surface area contributed by atoms with Crippen molar-refractivity contribution in [2.75, 3.05) is 49.6 Å². The first-order chi connectivity index (χ1) is 17.5. The molecule has 2 aromatic carbocycles. The van der Waals surface area contributed by atoms with E-state index in [-0.39, 0.29) is 12.1 Å². The fourth-order valence-electron chi connectivity index (χ4n) is 4.28. The van der Waals surface area contributed by atoms with Crippen LogP contribution in [0.4, 0.5) is 20.3 Å². The standard InChI is InChI=1S/C25H25F2N7O2/c1-36-19-5-3-18(4-6-19)32-10-12-33(13-11-32)23-20-15-31-34(24(20)30-16-29-23)9-8-28-25(35)17-2-7-21(26)22(27)14-17/h2-7,14-16H,8-13H2,1H3,(H,28,35). The Morgan fingerprint density at radius 3 is 2.47 bits per heavy atom. The van der Waals surface area contributed by atoms with Crippen molar-refractivity contribution >= 4 is 28.4 Å². The Bertz CT molecular complexity index is 1370. The molecule has 9 nitrogen and oxygen atoms in total. The number of hydrogen-bond acceptors (Lipinski definition) is 7. The molecular formula is C25H25F2N7O2. The zero-order valence-corrected chi connectivity index (χ0v) is 19.7. The highest BCUT2D eigenvalue weighted by molar-refractivity contribution is 5.94. The minimum Gasteiger partial charge on any atom is -0.497 e. The van der Waals surface area contributed by atoms with Crippen molar-refractivity contribution in [1.82, 2.24) is 25.1 Å². The lowest BCUT2D eigenvalue weighted by atomic mass is 10.2. The molecule has 3 heterocycles. The van der Waals surface area contributed by atoms with Crippen molar-refractivity contribution in [3.05, 3.63) is 72.2 Å². The summed E-state index contributed by atoms with van der Waals surface area (Å²) in [6, 6.07) is 11.1. The van der Waals surface area contributed by atoms with E-state index in [1.807, 2.05) is 12.1 Å². The average Bonchev–Trinajstić information content (AvgIpc) is 3.33. The average molecular weight is 494 g/mol. The number of ether oxygens (including phenoxy) is 1. The molecule has 0 bridgehead atoms. The number of rotatable bonds is 7. The molecule has 1 saturated heterocycles. The van der Waals surface area contributed by atoms with Crippen molar-refractivity contribution in [1.29, 1.82) is 0 Å². The SMILES string of the molecule is COc1ccc(N2CCN(c3ncnc4c3cnn4CCNC(=O)c3ccc(F)c(F)c3)CC2)cc1. The van der Waals surface area contributed by atoms with E-state index >= 15 is 0 Å². The molecule has 11 heteroatoms. The molecule has 0 aliphatic carbocycles. The minimum absolute atomic E-state index is 0.0533. The number of halogens is 2. The zero-order valence-electron chi connectivity index (χ0n) is 19.7. The molecule has 2 aromatic heterocycles. The summed E-state index contributed by atoms with van der Waals surface area (Å²) in [6.07, 6.45) is 3.25. The first kappa shape index (κ1) is 23.5. The van der Waals surface area contributed by atoms with Gasteiger partial charge in [0.15, 0.2) is 17.3 Å². The summed E-state index contributed by atoms with van der Waals surface area (Å²) in [5.41, 5.74) is 1.87. The monoisotopic (exact) mass is 493 g/mol. The first-order valence-corrected chi connectivity index (χ1v) is 11.6. The molecule has 5 rings (SSSR count). The van der Waals surface area contributed by atoms with E-state index in [0.717, 1.165) is 61.0 Å². The summed E-state index contributed by atoms with van der Waals surface area (Å²) in [5, 5.41) is 7.96. The number of carbonyl (C=O) groups is 1. The van der Waals surface area contributed by atoms with Gasteiger partial charge in [0.2, 0.25) is 0 Å². The highest BCUT2D eigenvalue weighted by Crippen LogP contribution is 2.26. The minimum atomic E-state index is -1.06. The van der Waals surface area contributed by atoms with Gasteiger partial charge in [0, 0.05) is 44.0 Å². The third-order valence-corrected chi connectivity index (χ3v) is 6.22. The maximum Gasteiger partial charge on any atom is 0.251 e. The molecule has 1 N–H and O–H groups in total. The van der Waals surface area contributed by atoms with E-state index in [0.29, 0.717) is 12.2 Å². The Hall–Kier alpha value is -4.28. The van der Waals surface area contributed by atoms with Crippen LogP contribution in [0.25, 0.3) is 11.0 Å². The number of benzene rings is 2. The molecule has 0 spiro atoms. The Morgan fingerprint density at radius 1 is 1.00 bits per heavy atom. The largest absolute Gasteiger partial charge is 0.497 e. The van der Waals surface area contributed by atoms with Gasteiger partial charge in [-0.05, 0) is 42.5 Å². The van der Waals surface area contributed by atoms with Gasteiger partial charge >= 0.3 is 0 Å². The van der Waals surface area contributed by atoms with Crippen LogP contribution in [0.15, 0.2) is 55.0 Å². The van der Waals surface area contributed by atoms with E-state index in [2.05, 4.69) is 42.3 Å². The summed E-state index contributed by atoms with van der Waals surface area (Å²) < 4.78 is 33.4. The summed E-state index contributed by atoms with van der Waals surface area (Å²) in [6.45, 7) is 3.90. The van der Waals surface area contributed by atoms with Gasteiger partial charge in [0.25, 0.3) is 5.91 Å². The van der Waals surface area contributed by atoms with Gasteiger partial charge in [0.1, 0.15) is 17.9 Å². The summed E-state index contributed by atoms with van der Waals surface area (Å²) in [7, 11) is 1.66. The van der Waals surface area contributed by atoms with Crippen LogP contribution in [0.2, 0.25) is 0 Å². The molecule has 36 heavy (non-hydrogen) atoms. The lowest BCUT2D eigenvalue weighted by Gasteiger charge is -2.36. The third-order valence-electron chi connectivity index (χ3n) is 6.22. The van der Waals surface area contributed by atoms with Gasteiger partial charge in [-0.1, -0.05) is 0 Å². The Morgan fingerprint density at radius 2 is 1.75 bits per heavy atom. The molecule has 0 atom stereocenters. The molecule has 1 aliphatic rings. The van der Waals surface area contributed by atoms with Crippen LogP contribution < -0.4 is 19.9 Å². The number of hydrogen-bond donors (Lipinski definition) is 1. The van der Waals surface area contributed by atoms with E-state index in [4.69, 9.17) is 4.74 Å². The molecule has 4 aromatic rings. The number of nitrogens with zero attached hydrogens (tertiary/aromatic N) is 6. The highest BCUT2D eigenvalue weighted by atomic mass is 19.2. The molecule has 186 valence electrons. The van der Waals surface area contributed by atoms with Crippen molar-refractivity contribution < 1.29 is 18.3 Å². The summed E-state index contributed by atoms with van der Waals surface area (Å²) in [5.74, 6) is -0.884. The smallest absolute Gasteiger partial charge is 0.251 e. The van der Waals surface area contributed by atoms with Crippen molar-refractivity contribution in [3.8, 4) is 5.75 Å². The second kappa shape index (κ2) is 10.1. The molecule has 0 radical (unpaired) electrons. The van der Waals surface area contributed by atoms with Crippen LogP contribution in [-0.4, -0.2) is 65.5 Å². The Kier molecular flexibility index (Phi) is 6.61. The van der Waals surface area contributed by atoms with Crippen LogP contribution in [0.5, 0.6) is 5.75 Å². The lowest BCUT2D eigenvalue weighted by Crippen LogP contribution is -2.46. The topological polar surface area (TPSA) is 88.4 Å². The van der Waals surface area contributed by atoms with Gasteiger partial charge in [0.05, 0.1) is 25.2 Å². The van der Waals surface area contributed by atoms with Crippen LogP contribution in [-0.2, 0) is 6.54 Å². The van der Waals surface area contributed by atoms with Gasteiger partial charge in [-0.2, -0.15) is 5.10 Å². The first-order valence-electron chi connectivity index (χ1n) is 11.6. The number of amides is 1. The predicted molar refractivity (Wildman–Crippen MR) is 131 cm³/mol. The fraction of sp³-hybridized carbons (Fsp3) is 0.280. The lowest BCUT2D eigenvalue weighted by molar-refractivity contribution is 0.0951. The molecule has 1 amide bonds. The zero-order chi connectivity index (χ0) is 25.1.